The molecule has 0 N–H and O–H groups in total. The molecule has 0 fully saturated rings. The smallest absolute Gasteiger partial charge is 0.350 e. The lowest BCUT2D eigenvalue weighted by molar-refractivity contribution is -0.138. The maximum atomic E-state index is 11.1. The Morgan fingerprint density at radius 1 is 1.07 bits per heavy atom. The Kier molecular flexibility index (Phi) is 5.92. The fraction of sp³-hybridized carbons (Fsp3) is 0.429. The van der Waals surface area contributed by atoms with Gasteiger partial charge in [-0.2, -0.15) is 0 Å². The topological polar surface area (TPSA) is 52.6 Å². The summed E-state index contributed by atoms with van der Waals surface area (Å²) < 4.78 is 8.62. The Bertz CT molecular complexity index is 272. The molecule has 0 saturated carbocycles. The summed E-state index contributed by atoms with van der Waals surface area (Å²) in [6.45, 7) is 0. The van der Waals surface area contributed by atoms with Crippen LogP contribution in [-0.4, -0.2) is 31.0 Å². The van der Waals surface area contributed by atoms with Gasteiger partial charge in [0.05, 0.1) is 19.8 Å². The van der Waals surface area contributed by atoms with Crippen molar-refractivity contribution in [3.8, 4) is 0 Å². The third kappa shape index (κ3) is 3.36. The van der Waals surface area contributed by atoms with Crippen LogP contribution in [0.3, 0.4) is 0 Å². The molecule has 0 rings (SSSR count). The van der Waals surface area contributed by atoms with Gasteiger partial charge in [0.25, 0.3) is 0 Å². The molecule has 7 heteroatoms. The Balaban J connectivity index is 5.15. The van der Waals surface area contributed by atoms with Crippen molar-refractivity contribution in [2.75, 3.05) is 14.2 Å². The number of methoxy groups -OCH3 is 2. The number of hydrogen-bond donors (Lipinski definition) is 0. The average Bonchev–Trinajstić information content (AvgIpc) is 2.15. The van der Waals surface area contributed by atoms with Crippen LogP contribution in [0.2, 0.25) is 0 Å². The fourth-order valence-electron chi connectivity index (χ4n) is 0.584. The SMILES string of the molecule is COC(=O)/C(Cl)=C(/C(=O)OC)C(Cl)Cl. The molecule has 0 bridgehead atoms. The van der Waals surface area contributed by atoms with Gasteiger partial charge in [-0.05, 0) is 0 Å². The number of rotatable bonds is 3. The number of esters is 2. The number of carbonyl (C=O) groups excluding carboxylic acids is 2. The van der Waals surface area contributed by atoms with Crippen molar-refractivity contribution in [3.63, 3.8) is 0 Å². The molecule has 4 nitrogen and oxygen atoms in total. The van der Waals surface area contributed by atoms with Gasteiger partial charge in [-0.3, -0.25) is 0 Å². The molecule has 0 amide bonds. The predicted molar refractivity (Wildman–Crippen MR) is 52.4 cm³/mol. The van der Waals surface area contributed by atoms with Crippen molar-refractivity contribution >= 4 is 46.7 Å². The van der Waals surface area contributed by atoms with Crippen LogP contribution in [0, 0.1) is 0 Å². The van der Waals surface area contributed by atoms with Gasteiger partial charge in [-0.1, -0.05) is 34.8 Å². The van der Waals surface area contributed by atoms with Crippen LogP contribution in [0.25, 0.3) is 0 Å². The van der Waals surface area contributed by atoms with Gasteiger partial charge in [0, 0.05) is 0 Å². The van der Waals surface area contributed by atoms with Crippen LogP contribution in [0.5, 0.6) is 0 Å². The third-order valence-electron chi connectivity index (χ3n) is 1.22. The summed E-state index contributed by atoms with van der Waals surface area (Å²) in [5.41, 5.74) is -0.343. The minimum Gasteiger partial charge on any atom is -0.466 e. The van der Waals surface area contributed by atoms with Crippen LogP contribution in [0.15, 0.2) is 10.6 Å². The van der Waals surface area contributed by atoms with Gasteiger partial charge < -0.3 is 9.47 Å². The molecule has 0 radical (unpaired) electrons. The molecule has 0 aliphatic heterocycles. The zero-order valence-corrected chi connectivity index (χ0v) is 9.61. The largest absolute Gasteiger partial charge is 0.466 e. The highest BCUT2D eigenvalue weighted by atomic mass is 35.5. The summed E-state index contributed by atoms with van der Waals surface area (Å²) in [5, 5.41) is -0.491. The zero-order chi connectivity index (χ0) is 11.3. The van der Waals surface area contributed by atoms with E-state index in [1.165, 1.54) is 0 Å². The maximum Gasteiger partial charge on any atom is 0.350 e. The van der Waals surface area contributed by atoms with Gasteiger partial charge in [-0.15, -0.1) is 0 Å². The minimum atomic E-state index is -1.26. The van der Waals surface area contributed by atoms with Gasteiger partial charge >= 0.3 is 11.9 Å². The lowest BCUT2D eigenvalue weighted by atomic mass is 10.3. The summed E-state index contributed by atoms with van der Waals surface area (Å²) in [6, 6.07) is 0. The van der Waals surface area contributed by atoms with E-state index < -0.39 is 21.8 Å². The first-order valence-electron chi connectivity index (χ1n) is 3.30. The highest BCUT2D eigenvalue weighted by Crippen LogP contribution is 2.23. The molecule has 0 heterocycles. The molecule has 0 aliphatic carbocycles. The first-order chi connectivity index (χ1) is 6.45. The molecule has 0 aromatic heterocycles. The third-order valence-corrected chi connectivity index (χ3v) is 2.02. The molecule has 0 aliphatic rings. The summed E-state index contributed by atoms with van der Waals surface area (Å²) in [4.78, 5) is 20.8. The molecule has 0 unspecified atom stereocenters. The number of hydrogen-bond acceptors (Lipinski definition) is 4. The highest BCUT2D eigenvalue weighted by molar-refractivity contribution is 6.51. The van der Waals surface area contributed by atoms with E-state index in [9.17, 15) is 9.59 Å². The Morgan fingerprint density at radius 2 is 1.50 bits per heavy atom. The zero-order valence-electron chi connectivity index (χ0n) is 7.34. The molecular weight excluding hydrogens is 254 g/mol. The number of halogens is 3. The second kappa shape index (κ2) is 6.11. The summed E-state index contributed by atoms with van der Waals surface area (Å²) in [6.07, 6.45) is 0. The quantitative estimate of drug-likeness (QED) is 0.440. The van der Waals surface area contributed by atoms with Crippen molar-refractivity contribution in [2.45, 2.75) is 4.84 Å². The monoisotopic (exact) mass is 260 g/mol. The van der Waals surface area contributed by atoms with Crippen LogP contribution >= 0.6 is 34.8 Å². The van der Waals surface area contributed by atoms with Crippen molar-refractivity contribution in [1.82, 2.24) is 0 Å². The molecule has 14 heavy (non-hydrogen) atoms. The van der Waals surface area contributed by atoms with E-state index in [1.807, 2.05) is 0 Å². The van der Waals surface area contributed by atoms with Crippen LogP contribution in [-0.2, 0) is 19.1 Å². The first kappa shape index (κ1) is 13.5. The van der Waals surface area contributed by atoms with Gasteiger partial charge in [0.1, 0.15) is 9.87 Å². The minimum absolute atomic E-state index is 0.343. The fourth-order valence-corrected chi connectivity index (χ4v) is 1.36. The summed E-state index contributed by atoms with van der Waals surface area (Å²) in [7, 11) is 2.22. The van der Waals surface area contributed by atoms with Crippen LogP contribution in [0.1, 0.15) is 0 Å². The van der Waals surface area contributed by atoms with E-state index >= 15 is 0 Å². The Labute approximate surface area is 95.7 Å². The second-order valence-corrected chi connectivity index (χ2v) is 3.49. The van der Waals surface area contributed by atoms with E-state index in [-0.39, 0.29) is 5.57 Å². The lowest BCUT2D eigenvalue weighted by Gasteiger charge is -2.07. The van der Waals surface area contributed by atoms with Crippen molar-refractivity contribution in [2.24, 2.45) is 0 Å². The van der Waals surface area contributed by atoms with Crippen molar-refractivity contribution < 1.29 is 19.1 Å². The Hall–Kier alpha value is -0.450. The van der Waals surface area contributed by atoms with E-state index in [2.05, 4.69) is 9.47 Å². The lowest BCUT2D eigenvalue weighted by Crippen LogP contribution is -2.16. The highest BCUT2D eigenvalue weighted by Gasteiger charge is 2.26. The number of carbonyl (C=O) groups is 2. The summed E-state index contributed by atoms with van der Waals surface area (Å²) in [5.74, 6) is -1.78. The standard InChI is InChI=1S/C7H7Cl3O4/c1-13-6(11)3(5(9)10)4(8)7(12)14-2/h5H,1-2H3/b4-3-. The summed E-state index contributed by atoms with van der Waals surface area (Å²) >= 11 is 16.4. The molecule has 0 spiro atoms. The number of alkyl halides is 2. The maximum absolute atomic E-state index is 11.1. The van der Waals surface area contributed by atoms with E-state index in [4.69, 9.17) is 34.8 Å². The first-order valence-corrected chi connectivity index (χ1v) is 4.55. The normalized spacial score (nSPS) is 12.1. The van der Waals surface area contributed by atoms with E-state index in [0.29, 0.717) is 0 Å². The average molecular weight is 261 g/mol. The van der Waals surface area contributed by atoms with Gasteiger partial charge in [0.15, 0.2) is 0 Å². The van der Waals surface area contributed by atoms with Gasteiger partial charge in [0.2, 0.25) is 0 Å². The van der Waals surface area contributed by atoms with Crippen LogP contribution < -0.4 is 0 Å². The molecule has 0 atom stereocenters. The number of ether oxygens (including phenoxy) is 2. The van der Waals surface area contributed by atoms with E-state index in [1.54, 1.807) is 0 Å². The van der Waals surface area contributed by atoms with Gasteiger partial charge in [-0.25, -0.2) is 9.59 Å². The molecule has 0 saturated heterocycles. The molecular formula is C7H7Cl3O4. The van der Waals surface area contributed by atoms with Crippen molar-refractivity contribution in [3.05, 3.63) is 10.6 Å². The predicted octanol–water partition coefficient (Wildman–Crippen LogP) is 1.63. The molecule has 80 valence electrons. The van der Waals surface area contributed by atoms with Crippen molar-refractivity contribution in [1.29, 1.82) is 0 Å². The second-order valence-electron chi connectivity index (χ2n) is 2.01. The Morgan fingerprint density at radius 3 is 1.79 bits per heavy atom. The molecule has 0 aromatic carbocycles. The molecule has 0 aromatic rings. The van der Waals surface area contributed by atoms with Crippen LogP contribution in [0.4, 0.5) is 0 Å². The van der Waals surface area contributed by atoms with E-state index in [0.717, 1.165) is 14.2 Å².